The summed E-state index contributed by atoms with van der Waals surface area (Å²) in [5, 5.41) is 2.04. The molecule has 4 nitrogen and oxygen atoms in total. The lowest BCUT2D eigenvalue weighted by atomic mass is 10.4. The van der Waals surface area contributed by atoms with Crippen LogP contribution in [-0.2, 0) is 11.3 Å². The lowest BCUT2D eigenvalue weighted by molar-refractivity contribution is 0.0606. The van der Waals surface area contributed by atoms with Crippen molar-refractivity contribution in [3.05, 3.63) is 51.8 Å². The molecule has 6 heteroatoms. The normalized spacial score (nSPS) is 10.7. The maximum Gasteiger partial charge on any atom is 0.348 e. The van der Waals surface area contributed by atoms with E-state index in [9.17, 15) is 4.79 Å². The fourth-order valence-corrected chi connectivity index (χ4v) is 3.57. The number of rotatable bonds is 4. The molecule has 0 aromatic carbocycles. The minimum atomic E-state index is -0.287. The van der Waals surface area contributed by atoms with Gasteiger partial charge in [0.15, 0.2) is 0 Å². The molecule has 0 saturated heterocycles. The van der Waals surface area contributed by atoms with Crippen LogP contribution in [0, 0.1) is 0 Å². The summed E-state index contributed by atoms with van der Waals surface area (Å²) < 4.78 is 6.80. The monoisotopic (exact) mass is 304 g/mol. The molecule has 0 fully saturated rings. The molecule has 0 radical (unpaired) electrons. The van der Waals surface area contributed by atoms with Crippen LogP contribution in [-0.4, -0.2) is 22.6 Å². The van der Waals surface area contributed by atoms with Gasteiger partial charge in [-0.3, -0.25) is 0 Å². The predicted octanol–water partition coefficient (Wildman–Crippen LogP) is 3.51. The predicted molar refractivity (Wildman–Crippen MR) is 80.3 cm³/mol. The van der Waals surface area contributed by atoms with Gasteiger partial charge in [0.25, 0.3) is 0 Å². The van der Waals surface area contributed by atoms with Gasteiger partial charge >= 0.3 is 5.97 Å². The van der Waals surface area contributed by atoms with Crippen LogP contribution >= 0.6 is 22.7 Å². The van der Waals surface area contributed by atoms with Crippen LogP contribution in [0.4, 0.5) is 0 Å². The molecule has 20 heavy (non-hydrogen) atoms. The summed E-state index contributed by atoms with van der Waals surface area (Å²) >= 11 is 3.12. The molecule has 0 atom stereocenters. The van der Waals surface area contributed by atoms with Crippen molar-refractivity contribution in [2.24, 2.45) is 0 Å². The minimum Gasteiger partial charge on any atom is -0.465 e. The van der Waals surface area contributed by atoms with Crippen LogP contribution in [0.5, 0.6) is 0 Å². The van der Waals surface area contributed by atoms with Gasteiger partial charge in [0.1, 0.15) is 10.7 Å². The highest BCUT2D eigenvalue weighted by Crippen LogP contribution is 2.25. The zero-order valence-electron chi connectivity index (χ0n) is 10.8. The van der Waals surface area contributed by atoms with E-state index in [0.29, 0.717) is 11.4 Å². The molecular weight excluding hydrogens is 292 g/mol. The van der Waals surface area contributed by atoms with Crippen molar-refractivity contribution in [3.63, 3.8) is 0 Å². The van der Waals surface area contributed by atoms with Gasteiger partial charge in [0.2, 0.25) is 0 Å². The first-order valence-corrected chi connectivity index (χ1v) is 7.69. The molecule has 102 valence electrons. The summed E-state index contributed by atoms with van der Waals surface area (Å²) in [5.41, 5.74) is 0. The summed E-state index contributed by atoms with van der Waals surface area (Å²) in [6, 6.07) is 7.82. The Hall–Kier alpha value is -1.92. The number of thiophene rings is 2. The number of hydrogen-bond donors (Lipinski definition) is 0. The van der Waals surface area contributed by atoms with Crippen molar-refractivity contribution >= 4 is 28.6 Å². The minimum absolute atomic E-state index is 0.287. The molecule has 3 heterocycles. The first kappa shape index (κ1) is 13.1. The van der Waals surface area contributed by atoms with Crippen molar-refractivity contribution in [2.75, 3.05) is 7.11 Å². The highest BCUT2D eigenvalue weighted by Gasteiger charge is 2.11. The van der Waals surface area contributed by atoms with Gasteiger partial charge < -0.3 is 9.30 Å². The second kappa shape index (κ2) is 5.60. The van der Waals surface area contributed by atoms with Gasteiger partial charge in [-0.05, 0) is 23.6 Å². The Morgan fingerprint density at radius 1 is 1.40 bits per heavy atom. The molecule has 0 bridgehead atoms. The third-order valence-electron chi connectivity index (χ3n) is 2.83. The molecule has 0 N–H and O–H groups in total. The molecule has 3 aromatic heterocycles. The summed E-state index contributed by atoms with van der Waals surface area (Å²) in [6.45, 7) is 0.703. The Labute approximate surface area is 124 Å². The number of carbonyl (C=O) groups is 1. The molecule has 0 aliphatic carbocycles. The molecule has 0 amide bonds. The maximum atomic E-state index is 11.5. The van der Waals surface area contributed by atoms with E-state index in [1.54, 1.807) is 23.6 Å². The van der Waals surface area contributed by atoms with Gasteiger partial charge in [-0.15, -0.1) is 22.7 Å². The molecule has 3 aromatic rings. The van der Waals surface area contributed by atoms with Gasteiger partial charge in [0, 0.05) is 17.3 Å². The maximum absolute atomic E-state index is 11.5. The summed E-state index contributed by atoms with van der Waals surface area (Å²) in [6.07, 6.45) is 3.75. The standard InChI is InChI=1S/C14H12N2O2S2/c1-18-14(17)12-5-4-10(20-12)9-16-7-6-15-13(16)11-3-2-8-19-11/h2-8H,9H2,1H3. The zero-order valence-corrected chi connectivity index (χ0v) is 12.4. The number of esters is 1. The van der Waals surface area contributed by atoms with Crippen molar-refractivity contribution in [1.29, 1.82) is 0 Å². The number of ether oxygens (including phenoxy) is 1. The number of aromatic nitrogens is 2. The van der Waals surface area contributed by atoms with Crippen molar-refractivity contribution in [1.82, 2.24) is 9.55 Å². The number of hydrogen-bond acceptors (Lipinski definition) is 5. The van der Waals surface area contributed by atoms with E-state index in [2.05, 4.69) is 15.6 Å². The number of methoxy groups -OCH3 is 1. The molecule has 0 spiro atoms. The first-order valence-electron chi connectivity index (χ1n) is 6.00. The van der Waals surface area contributed by atoms with Gasteiger partial charge in [-0.2, -0.15) is 0 Å². The van der Waals surface area contributed by atoms with E-state index >= 15 is 0 Å². The topological polar surface area (TPSA) is 44.1 Å². The first-order chi connectivity index (χ1) is 9.78. The van der Waals surface area contributed by atoms with Crippen LogP contribution in [0.15, 0.2) is 42.0 Å². The molecule has 0 saturated carbocycles. The van der Waals surface area contributed by atoms with Gasteiger partial charge in [-0.25, -0.2) is 9.78 Å². The molecule has 0 aliphatic rings. The third-order valence-corrected chi connectivity index (χ3v) is 4.75. The molecule has 0 aliphatic heterocycles. The highest BCUT2D eigenvalue weighted by molar-refractivity contribution is 7.14. The van der Waals surface area contributed by atoms with Crippen LogP contribution in [0.2, 0.25) is 0 Å². The number of nitrogens with zero attached hydrogens (tertiary/aromatic N) is 2. The summed E-state index contributed by atoms with van der Waals surface area (Å²) in [7, 11) is 1.40. The number of imidazole rings is 1. The van der Waals surface area contributed by atoms with E-state index in [-0.39, 0.29) is 5.97 Å². The third kappa shape index (κ3) is 2.52. The van der Waals surface area contributed by atoms with Crippen LogP contribution in [0.1, 0.15) is 14.5 Å². The highest BCUT2D eigenvalue weighted by atomic mass is 32.1. The van der Waals surface area contributed by atoms with E-state index in [0.717, 1.165) is 15.6 Å². The quantitative estimate of drug-likeness (QED) is 0.693. The SMILES string of the molecule is COC(=O)c1ccc(Cn2ccnc2-c2cccs2)s1. The smallest absolute Gasteiger partial charge is 0.348 e. The lowest BCUT2D eigenvalue weighted by Crippen LogP contribution is -1.99. The van der Waals surface area contributed by atoms with Crippen LogP contribution < -0.4 is 0 Å². The Kier molecular flexibility index (Phi) is 3.66. The van der Waals surface area contributed by atoms with Crippen LogP contribution in [0.3, 0.4) is 0 Å². The fourth-order valence-electron chi connectivity index (χ4n) is 1.91. The van der Waals surface area contributed by atoms with Gasteiger partial charge in [-0.1, -0.05) is 6.07 Å². The zero-order chi connectivity index (χ0) is 13.9. The Morgan fingerprint density at radius 3 is 3.05 bits per heavy atom. The lowest BCUT2D eigenvalue weighted by Gasteiger charge is -2.04. The fraction of sp³-hybridized carbons (Fsp3) is 0.143. The van der Waals surface area contributed by atoms with Crippen molar-refractivity contribution < 1.29 is 9.53 Å². The summed E-state index contributed by atoms with van der Waals surface area (Å²) in [5.74, 6) is 0.665. The second-order valence-corrected chi connectivity index (χ2v) is 6.23. The van der Waals surface area contributed by atoms with E-state index < -0.39 is 0 Å². The van der Waals surface area contributed by atoms with Gasteiger partial charge in [0.05, 0.1) is 18.5 Å². The molecule has 3 rings (SSSR count). The molecular formula is C14H12N2O2S2. The summed E-state index contributed by atoms with van der Waals surface area (Å²) in [4.78, 5) is 18.7. The average molecular weight is 304 g/mol. The van der Waals surface area contributed by atoms with E-state index in [4.69, 9.17) is 4.74 Å². The Morgan fingerprint density at radius 2 is 2.30 bits per heavy atom. The Balaban J connectivity index is 1.84. The van der Waals surface area contributed by atoms with Crippen LogP contribution in [0.25, 0.3) is 10.7 Å². The van der Waals surface area contributed by atoms with Crippen molar-refractivity contribution in [2.45, 2.75) is 6.54 Å². The second-order valence-electron chi connectivity index (χ2n) is 4.11. The molecule has 0 unspecified atom stereocenters. The number of carbonyl (C=O) groups excluding carboxylic acids is 1. The van der Waals surface area contributed by atoms with E-state index in [1.807, 2.05) is 23.7 Å². The largest absolute Gasteiger partial charge is 0.465 e. The van der Waals surface area contributed by atoms with Crippen molar-refractivity contribution in [3.8, 4) is 10.7 Å². The van der Waals surface area contributed by atoms with E-state index in [1.165, 1.54) is 18.4 Å². The Bertz CT molecular complexity index is 713. The average Bonchev–Trinajstić information content (AvgIpc) is 3.18.